The number of halogens is 3. The highest BCUT2D eigenvalue weighted by atomic mass is 19.4. The molecule has 2 bridgehead atoms. The van der Waals surface area contributed by atoms with Crippen molar-refractivity contribution in [2.24, 2.45) is 11.8 Å². The Morgan fingerprint density at radius 3 is 2.64 bits per heavy atom. The van der Waals surface area contributed by atoms with E-state index >= 15 is 0 Å². The fourth-order valence-electron chi connectivity index (χ4n) is 5.21. The Morgan fingerprint density at radius 2 is 1.85 bits per heavy atom. The van der Waals surface area contributed by atoms with Crippen molar-refractivity contribution in [3.63, 3.8) is 0 Å². The highest BCUT2D eigenvalue weighted by Gasteiger charge is 2.36. The van der Waals surface area contributed by atoms with Crippen LogP contribution >= 0.6 is 0 Å². The van der Waals surface area contributed by atoms with E-state index in [2.05, 4.69) is 39.8 Å². The number of hydrogen-bond acceptors (Lipinski definition) is 3. The molecule has 2 aromatic rings. The summed E-state index contributed by atoms with van der Waals surface area (Å²) in [5.41, 5.74) is 1.11. The van der Waals surface area contributed by atoms with Gasteiger partial charge in [0.05, 0.1) is 5.56 Å². The van der Waals surface area contributed by atoms with E-state index in [0.717, 1.165) is 51.2 Å². The Balaban J connectivity index is 1.20. The smallest absolute Gasteiger partial charge is 0.352 e. The fourth-order valence-corrected chi connectivity index (χ4v) is 5.21. The van der Waals surface area contributed by atoms with E-state index in [9.17, 15) is 18.0 Å². The summed E-state index contributed by atoms with van der Waals surface area (Å²) >= 11 is 0. The Labute approximate surface area is 193 Å². The van der Waals surface area contributed by atoms with Crippen LogP contribution in [0.3, 0.4) is 0 Å². The lowest BCUT2D eigenvalue weighted by molar-refractivity contribution is -0.137. The number of hydrogen-bond donors (Lipinski definition) is 2. The molecule has 0 spiro atoms. The Morgan fingerprint density at radius 1 is 1.06 bits per heavy atom. The van der Waals surface area contributed by atoms with Crippen LogP contribution in [0.4, 0.5) is 13.2 Å². The van der Waals surface area contributed by atoms with E-state index in [-0.39, 0.29) is 12.5 Å². The topological polar surface area (TPSA) is 44.4 Å². The van der Waals surface area contributed by atoms with E-state index < -0.39 is 11.7 Å². The van der Waals surface area contributed by atoms with Crippen molar-refractivity contribution in [2.75, 3.05) is 19.6 Å². The zero-order valence-corrected chi connectivity index (χ0v) is 18.8. The molecule has 178 valence electrons. The van der Waals surface area contributed by atoms with Gasteiger partial charge in [0, 0.05) is 38.6 Å². The second-order valence-corrected chi connectivity index (χ2v) is 9.42. The second-order valence-electron chi connectivity index (χ2n) is 9.42. The van der Waals surface area contributed by atoms with Crippen molar-refractivity contribution in [3.05, 3.63) is 71.3 Å². The van der Waals surface area contributed by atoms with Crippen molar-refractivity contribution in [3.8, 4) is 0 Å². The van der Waals surface area contributed by atoms with Crippen molar-refractivity contribution in [2.45, 2.75) is 51.0 Å². The number of carbonyl (C=O) groups is 1. The summed E-state index contributed by atoms with van der Waals surface area (Å²) in [7, 11) is 0. The van der Waals surface area contributed by atoms with Gasteiger partial charge in [-0.25, -0.2) is 0 Å². The minimum Gasteiger partial charge on any atom is -0.352 e. The molecule has 0 unspecified atom stereocenters. The number of alkyl halides is 3. The van der Waals surface area contributed by atoms with Crippen molar-refractivity contribution >= 4 is 5.91 Å². The third-order valence-electron chi connectivity index (χ3n) is 6.79. The number of rotatable bonds is 8. The number of nitrogens with zero attached hydrogens (tertiary/aromatic N) is 1. The van der Waals surface area contributed by atoms with Gasteiger partial charge in [0.2, 0.25) is 5.91 Å². The predicted octanol–water partition coefficient (Wildman–Crippen LogP) is 4.60. The molecule has 4 rings (SSSR count). The largest absolute Gasteiger partial charge is 0.416 e. The van der Waals surface area contributed by atoms with Crippen molar-refractivity contribution in [1.29, 1.82) is 0 Å². The zero-order valence-electron chi connectivity index (χ0n) is 18.8. The van der Waals surface area contributed by atoms with Gasteiger partial charge in [0.25, 0.3) is 0 Å². The number of piperidine rings is 2. The second kappa shape index (κ2) is 10.7. The molecular formula is C26H32F3N3O. The molecule has 0 saturated carbocycles. The summed E-state index contributed by atoms with van der Waals surface area (Å²) < 4.78 is 38.5. The Bertz CT molecular complexity index is 918. The molecule has 2 aliphatic rings. The molecule has 4 nitrogen and oxygen atoms in total. The first-order valence-electron chi connectivity index (χ1n) is 11.8. The van der Waals surface area contributed by atoms with E-state index in [4.69, 9.17) is 0 Å². The third-order valence-corrected chi connectivity index (χ3v) is 6.79. The van der Waals surface area contributed by atoms with Gasteiger partial charge in [-0.3, -0.25) is 9.69 Å². The number of likely N-dealkylation sites (tertiary alicyclic amines) is 1. The number of benzene rings is 2. The number of fused-ring (bicyclic) bond motifs is 2. The molecule has 0 radical (unpaired) electrons. The maximum atomic E-state index is 12.8. The van der Waals surface area contributed by atoms with Crippen LogP contribution in [0.25, 0.3) is 0 Å². The first-order valence-corrected chi connectivity index (χ1v) is 11.8. The number of amides is 1. The first-order chi connectivity index (χ1) is 15.9. The van der Waals surface area contributed by atoms with Crippen molar-refractivity contribution < 1.29 is 18.0 Å². The van der Waals surface area contributed by atoms with E-state index in [1.54, 1.807) is 6.07 Å². The maximum absolute atomic E-state index is 12.8. The molecular weight excluding hydrogens is 427 g/mol. The van der Waals surface area contributed by atoms with Gasteiger partial charge in [-0.2, -0.15) is 13.2 Å². The van der Waals surface area contributed by atoms with Crippen LogP contribution in [0, 0.1) is 11.8 Å². The van der Waals surface area contributed by atoms with Crippen LogP contribution in [-0.2, 0) is 24.1 Å². The maximum Gasteiger partial charge on any atom is 0.416 e. The SMILES string of the molecule is O=C(CCC[C@H]1NC[C@@H]2C[C@H]1CN(Cc1ccccc1)C2)NCc1cccc(C(F)(F)F)c1. The normalized spacial score (nSPS) is 23.3. The standard InChI is InChI=1S/C26H32F3N3O/c27-26(28,29)23-9-4-8-20(13-23)14-31-25(33)11-5-10-24-22-12-21(15-30-24)17-32(18-22)16-19-6-2-1-3-7-19/h1-4,6-9,13,21-22,24,30H,5,10-12,14-18H2,(H,31,33)/t21-,22-,24+/m0/s1. The minimum atomic E-state index is -4.37. The molecule has 2 aliphatic heterocycles. The summed E-state index contributed by atoms with van der Waals surface area (Å²) in [5.74, 6) is 1.16. The van der Waals surface area contributed by atoms with Gasteiger partial charge >= 0.3 is 6.18 Å². The van der Waals surface area contributed by atoms with Crippen LogP contribution in [0.1, 0.15) is 42.4 Å². The van der Waals surface area contributed by atoms with Crippen LogP contribution < -0.4 is 10.6 Å². The van der Waals surface area contributed by atoms with Crippen LogP contribution in [0.2, 0.25) is 0 Å². The monoisotopic (exact) mass is 459 g/mol. The highest BCUT2D eigenvalue weighted by Crippen LogP contribution is 2.31. The van der Waals surface area contributed by atoms with Gasteiger partial charge in [-0.15, -0.1) is 0 Å². The lowest BCUT2D eigenvalue weighted by atomic mass is 9.79. The number of carbonyl (C=O) groups excluding carboxylic acids is 1. The minimum absolute atomic E-state index is 0.114. The molecule has 0 aliphatic carbocycles. The average molecular weight is 460 g/mol. The van der Waals surface area contributed by atoms with Crippen LogP contribution in [0.5, 0.6) is 0 Å². The lowest BCUT2D eigenvalue weighted by Gasteiger charge is -2.46. The zero-order chi connectivity index (χ0) is 23.3. The Hall–Kier alpha value is -2.38. The fraction of sp³-hybridized carbons (Fsp3) is 0.500. The summed E-state index contributed by atoms with van der Waals surface area (Å²) in [6.45, 7) is 4.32. The van der Waals surface area contributed by atoms with Gasteiger partial charge in [-0.1, -0.05) is 42.5 Å². The molecule has 7 heteroatoms. The van der Waals surface area contributed by atoms with Gasteiger partial charge < -0.3 is 10.6 Å². The molecule has 3 atom stereocenters. The molecule has 1 amide bonds. The van der Waals surface area contributed by atoms with E-state index in [1.165, 1.54) is 18.1 Å². The summed E-state index contributed by atoms with van der Waals surface area (Å²) in [6.07, 6.45) is -1.03. The quantitative estimate of drug-likeness (QED) is 0.606. The summed E-state index contributed by atoms with van der Waals surface area (Å²) in [6, 6.07) is 16.1. The molecule has 2 aromatic carbocycles. The molecule has 2 saturated heterocycles. The average Bonchev–Trinajstić information content (AvgIpc) is 2.79. The van der Waals surface area contributed by atoms with Gasteiger partial charge in [0.1, 0.15) is 0 Å². The molecule has 0 aromatic heterocycles. The first kappa shape index (κ1) is 23.8. The Kier molecular flexibility index (Phi) is 7.71. The van der Waals surface area contributed by atoms with Crippen molar-refractivity contribution in [1.82, 2.24) is 15.5 Å². The highest BCUT2D eigenvalue weighted by molar-refractivity contribution is 5.75. The molecule has 2 heterocycles. The lowest BCUT2D eigenvalue weighted by Crippen LogP contribution is -2.55. The van der Waals surface area contributed by atoms with Crippen LogP contribution in [-0.4, -0.2) is 36.5 Å². The predicted molar refractivity (Wildman–Crippen MR) is 122 cm³/mol. The van der Waals surface area contributed by atoms with Gasteiger partial charge in [-0.05, 0) is 60.9 Å². The van der Waals surface area contributed by atoms with Crippen LogP contribution in [0.15, 0.2) is 54.6 Å². The summed E-state index contributed by atoms with van der Waals surface area (Å²) in [5, 5.41) is 6.45. The number of nitrogens with one attached hydrogen (secondary N) is 2. The van der Waals surface area contributed by atoms with E-state index in [1.807, 2.05) is 6.07 Å². The molecule has 2 fully saturated rings. The van der Waals surface area contributed by atoms with E-state index in [0.29, 0.717) is 29.9 Å². The summed E-state index contributed by atoms with van der Waals surface area (Å²) in [4.78, 5) is 14.8. The molecule has 2 N–H and O–H groups in total. The van der Waals surface area contributed by atoms with Gasteiger partial charge in [0.15, 0.2) is 0 Å². The third kappa shape index (κ3) is 6.81. The molecule has 33 heavy (non-hydrogen) atoms.